The number of nitrogens with zero attached hydrogens (tertiary/aromatic N) is 1. The third-order valence-electron chi connectivity index (χ3n) is 4.75. The van der Waals surface area contributed by atoms with Gasteiger partial charge in [0.05, 0.1) is 12.0 Å². The fourth-order valence-electron chi connectivity index (χ4n) is 3.69. The highest BCUT2D eigenvalue weighted by Gasteiger charge is 2.25. The van der Waals surface area contributed by atoms with Crippen LogP contribution in [0.1, 0.15) is 48.3 Å². The summed E-state index contributed by atoms with van der Waals surface area (Å²) >= 11 is 0. The molecule has 1 amide bonds. The first-order valence-corrected chi connectivity index (χ1v) is 7.95. The molecule has 1 fully saturated rings. The van der Waals surface area contributed by atoms with E-state index in [2.05, 4.69) is 23.1 Å². The monoisotopic (exact) mass is 288 g/mol. The number of amides is 1. The lowest BCUT2D eigenvalue weighted by molar-refractivity contribution is -0.119. The van der Waals surface area contributed by atoms with E-state index < -0.39 is 0 Å². The van der Waals surface area contributed by atoms with E-state index in [0.717, 1.165) is 57.3 Å². The molecular formula is C17H24N2O2. The summed E-state index contributed by atoms with van der Waals surface area (Å²) < 4.78 is 0. The van der Waals surface area contributed by atoms with Crippen molar-refractivity contribution in [3.05, 3.63) is 34.9 Å². The molecule has 114 valence electrons. The molecule has 1 saturated heterocycles. The van der Waals surface area contributed by atoms with Crippen LogP contribution in [0.4, 0.5) is 0 Å². The van der Waals surface area contributed by atoms with Gasteiger partial charge in [-0.05, 0) is 55.3 Å². The molecule has 0 radical (unpaired) electrons. The zero-order valence-corrected chi connectivity index (χ0v) is 12.4. The van der Waals surface area contributed by atoms with E-state index in [4.69, 9.17) is 5.73 Å². The van der Waals surface area contributed by atoms with Crippen LogP contribution in [0, 0.1) is 0 Å². The van der Waals surface area contributed by atoms with Gasteiger partial charge in [0.15, 0.2) is 0 Å². The number of hydrogen-bond acceptors (Lipinski definition) is 3. The van der Waals surface area contributed by atoms with E-state index >= 15 is 0 Å². The Morgan fingerprint density at radius 3 is 2.95 bits per heavy atom. The molecule has 3 rings (SSSR count). The minimum atomic E-state index is -0.206. The molecule has 2 aliphatic rings. The Bertz CT molecular complexity index is 530. The number of likely N-dealkylation sites (tertiary alicyclic amines) is 1. The zero-order valence-electron chi connectivity index (χ0n) is 12.4. The van der Waals surface area contributed by atoms with E-state index in [1.807, 2.05) is 0 Å². The predicted octanol–water partition coefficient (Wildman–Crippen LogP) is 1.55. The maximum atomic E-state index is 11.5. The number of primary amides is 1. The molecule has 21 heavy (non-hydrogen) atoms. The first-order valence-electron chi connectivity index (χ1n) is 7.95. The van der Waals surface area contributed by atoms with E-state index in [1.54, 1.807) is 0 Å². The standard InChI is InChI=1S/C17H24N2O2/c18-17(21)16-5-1-3-13-9-12(6-7-15(13)16)10-19-8-2-4-14(20)11-19/h6-7,9,14,16,20H,1-5,8,10-11H2,(H2,18,21). The number of aryl methyl sites for hydroxylation is 1. The summed E-state index contributed by atoms with van der Waals surface area (Å²) in [6, 6.07) is 6.42. The van der Waals surface area contributed by atoms with Crippen molar-refractivity contribution in [3.8, 4) is 0 Å². The second-order valence-electron chi connectivity index (χ2n) is 6.41. The van der Waals surface area contributed by atoms with Crippen LogP contribution in [-0.2, 0) is 17.8 Å². The Labute approximate surface area is 125 Å². The van der Waals surface area contributed by atoms with Gasteiger partial charge in [0.2, 0.25) is 5.91 Å². The summed E-state index contributed by atoms with van der Waals surface area (Å²) in [5.74, 6) is -0.317. The fourth-order valence-corrected chi connectivity index (χ4v) is 3.69. The largest absolute Gasteiger partial charge is 0.392 e. The van der Waals surface area contributed by atoms with Crippen LogP contribution in [0.25, 0.3) is 0 Å². The van der Waals surface area contributed by atoms with Crippen molar-refractivity contribution in [2.75, 3.05) is 13.1 Å². The third-order valence-corrected chi connectivity index (χ3v) is 4.75. The number of aliphatic hydroxyl groups excluding tert-OH is 1. The smallest absolute Gasteiger partial charge is 0.224 e. The Kier molecular flexibility index (Phi) is 4.27. The van der Waals surface area contributed by atoms with Gasteiger partial charge in [0.25, 0.3) is 0 Å². The fraction of sp³-hybridized carbons (Fsp3) is 0.588. The minimum Gasteiger partial charge on any atom is -0.392 e. The number of piperidine rings is 1. The van der Waals surface area contributed by atoms with Gasteiger partial charge < -0.3 is 10.8 Å². The maximum absolute atomic E-state index is 11.5. The number of nitrogens with two attached hydrogens (primary N) is 1. The summed E-state index contributed by atoms with van der Waals surface area (Å²) in [7, 11) is 0. The summed E-state index contributed by atoms with van der Waals surface area (Å²) in [6.07, 6.45) is 4.74. The quantitative estimate of drug-likeness (QED) is 0.887. The van der Waals surface area contributed by atoms with Gasteiger partial charge in [0.1, 0.15) is 0 Å². The van der Waals surface area contributed by atoms with E-state index in [0.29, 0.717) is 0 Å². The third kappa shape index (κ3) is 3.27. The van der Waals surface area contributed by atoms with E-state index in [9.17, 15) is 9.90 Å². The Balaban J connectivity index is 1.75. The van der Waals surface area contributed by atoms with Crippen molar-refractivity contribution < 1.29 is 9.90 Å². The lowest BCUT2D eigenvalue weighted by Gasteiger charge is -2.30. The lowest BCUT2D eigenvalue weighted by Crippen LogP contribution is -2.37. The number of carbonyl (C=O) groups excluding carboxylic acids is 1. The van der Waals surface area contributed by atoms with Crippen LogP contribution < -0.4 is 5.73 Å². The van der Waals surface area contributed by atoms with Crippen LogP contribution >= 0.6 is 0 Å². The number of benzene rings is 1. The van der Waals surface area contributed by atoms with Crippen molar-refractivity contribution in [1.29, 1.82) is 0 Å². The van der Waals surface area contributed by atoms with Gasteiger partial charge in [-0.25, -0.2) is 0 Å². The molecule has 1 aliphatic carbocycles. The number of rotatable bonds is 3. The second-order valence-corrected chi connectivity index (χ2v) is 6.41. The maximum Gasteiger partial charge on any atom is 0.224 e. The van der Waals surface area contributed by atoms with E-state index in [1.165, 1.54) is 11.1 Å². The van der Waals surface area contributed by atoms with Crippen molar-refractivity contribution in [2.24, 2.45) is 5.73 Å². The molecule has 1 aromatic carbocycles. The number of aliphatic hydroxyl groups is 1. The zero-order chi connectivity index (χ0) is 14.8. The average molecular weight is 288 g/mol. The molecule has 0 bridgehead atoms. The van der Waals surface area contributed by atoms with Crippen LogP contribution in [0.3, 0.4) is 0 Å². The summed E-state index contributed by atoms with van der Waals surface area (Å²) in [5, 5.41) is 9.75. The SMILES string of the molecule is NC(=O)C1CCCc2cc(CN3CCCC(O)C3)ccc21. The molecule has 1 heterocycles. The first kappa shape index (κ1) is 14.5. The van der Waals surface area contributed by atoms with Crippen LogP contribution in [0.2, 0.25) is 0 Å². The van der Waals surface area contributed by atoms with Crippen LogP contribution in [0.15, 0.2) is 18.2 Å². The van der Waals surface area contributed by atoms with Gasteiger partial charge in [0, 0.05) is 13.1 Å². The topological polar surface area (TPSA) is 66.6 Å². The van der Waals surface area contributed by atoms with Crippen molar-refractivity contribution in [3.63, 3.8) is 0 Å². The summed E-state index contributed by atoms with van der Waals surface area (Å²) in [4.78, 5) is 13.9. The Morgan fingerprint density at radius 1 is 1.33 bits per heavy atom. The number of hydrogen-bond donors (Lipinski definition) is 2. The molecule has 0 aromatic heterocycles. The van der Waals surface area contributed by atoms with Crippen molar-refractivity contribution in [2.45, 2.75) is 50.7 Å². The Morgan fingerprint density at radius 2 is 2.19 bits per heavy atom. The number of fused-ring (bicyclic) bond motifs is 1. The van der Waals surface area contributed by atoms with Crippen LogP contribution in [-0.4, -0.2) is 35.1 Å². The highest BCUT2D eigenvalue weighted by molar-refractivity contribution is 5.82. The second kappa shape index (κ2) is 6.16. The summed E-state index contributed by atoms with van der Waals surface area (Å²) in [6.45, 7) is 2.70. The molecule has 2 unspecified atom stereocenters. The normalized spacial score (nSPS) is 26.3. The first-order chi connectivity index (χ1) is 10.1. The van der Waals surface area contributed by atoms with Gasteiger partial charge in [-0.1, -0.05) is 18.2 Å². The van der Waals surface area contributed by atoms with Gasteiger partial charge in [-0.15, -0.1) is 0 Å². The molecule has 1 aliphatic heterocycles. The highest BCUT2D eigenvalue weighted by atomic mass is 16.3. The van der Waals surface area contributed by atoms with E-state index in [-0.39, 0.29) is 17.9 Å². The van der Waals surface area contributed by atoms with Gasteiger partial charge >= 0.3 is 0 Å². The molecule has 0 spiro atoms. The molecular weight excluding hydrogens is 264 g/mol. The molecule has 4 heteroatoms. The van der Waals surface area contributed by atoms with Crippen molar-refractivity contribution in [1.82, 2.24) is 4.90 Å². The van der Waals surface area contributed by atoms with Gasteiger partial charge in [-0.2, -0.15) is 0 Å². The molecule has 2 atom stereocenters. The van der Waals surface area contributed by atoms with Crippen LogP contribution in [0.5, 0.6) is 0 Å². The summed E-state index contributed by atoms with van der Waals surface area (Å²) in [5.41, 5.74) is 9.18. The number of β-amino-alcohol motifs (C(OH)–C–C–N with tert-alkyl or cyclic N) is 1. The minimum absolute atomic E-state index is 0.111. The number of carbonyl (C=O) groups is 1. The molecule has 3 N–H and O–H groups in total. The molecule has 4 nitrogen and oxygen atoms in total. The van der Waals surface area contributed by atoms with Crippen molar-refractivity contribution >= 4 is 5.91 Å². The van der Waals surface area contributed by atoms with Gasteiger partial charge in [-0.3, -0.25) is 9.69 Å². The highest BCUT2D eigenvalue weighted by Crippen LogP contribution is 2.32. The molecule has 0 saturated carbocycles. The molecule has 1 aromatic rings. The predicted molar refractivity (Wildman–Crippen MR) is 81.8 cm³/mol. The Hall–Kier alpha value is -1.39. The lowest BCUT2D eigenvalue weighted by atomic mass is 9.81. The average Bonchev–Trinajstić information content (AvgIpc) is 2.46.